The predicted molar refractivity (Wildman–Crippen MR) is 138 cm³/mol. The molecule has 0 saturated heterocycles. The van der Waals surface area contributed by atoms with Crippen molar-refractivity contribution in [3.63, 3.8) is 0 Å². The number of rotatable bonds is 5. The molecule has 4 rings (SSSR count). The molecule has 32 heavy (non-hydrogen) atoms. The zero-order valence-corrected chi connectivity index (χ0v) is 20.4. The first-order chi connectivity index (χ1) is 15.6. The van der Waals surface area contributed by atoms with Crippen LogP contribution in [0.15, 0.2) is 60.7 Å². The van der Waals surface area contributed by atoms with Gasteiger partial charge in [-0.3, -0.25) is 0 Å². The van der Waals surface area contributed by atoms with E-state index in [1.807, 2.05) is 19.9 Å². The molecule has 2 aromatic rings. The molecule has 1 nitrogen and oxygen atoms in total. The number of benzene rings is 2. The molecule has 168 valence electrons. The molecule has 0 N–H and O–H groups in total. The lowest BCUT2D eigenvalue weighted by Crippen LogP contribution is -2.30. The van der Waals surface area contributed by atoms with Gasteiger partial charge < -0.3 is 0 Å². The van der Waals surface area contributed by atoms with Gasteiger partial charge in [0.15, 0.2) is 0 Å². The highest BCUT2D eigenvalue weighted by atomic mass is 14.4. The fraction of sp³-hybridized carbons (Fsp3) is 0.452. The first-order valence-electron chi connectivity index (χ1n) is 12.5. The highest BCUT2D eigenvalue weighted by molar-refractivity contribution is 5.67. The van der Waals surface area contributed by atoms with Gasteiger partial charge in [-0.05, 0) is 96.6 Å². The Morgan fingerprint density at radius 2 is 1.59 bits per heavy atom. The molecule has 2 atom stereocenters. The number of hydrogen-bond donors (Lipinski definition) is 0. The zero-order valence-electron chi connectivity index (χ0n) is 20.4. The summed E-state index contributed by atoms with van der Waals surface area (Å²) in [6.45, 7) is 12.4. The van der Waals surface area contributed by atoms with Crippen LogP contribution in [0, 0.1) is 36.0 Å². The SMILES string of the molecule is C=C(C#N)/C=C/c1ccc(-c2ccc(C)c(C3CC4CC(CC)CC(C4)C3)c2)cc1.CC. The van der Waals surface area contributed by atoms with E-state index >= 15 is 0 Å². The van der Waals surface area contributed by atoms with Crippen molar-refractivity contribution in [3.8, 4) is 17.2 Å². The third-order valence-electron chi connectivity index (χ3n) is 7.40. The minimum atomic E-state index is 0.477. The molecule has 0 radical (unpaired) electrons. The number of aryl methyl sites for hydroxylation is 1. The van der Waals surface area contributed by atoms with Gasteiger partial charge in [0.2, 0.25) is 0 Å². The van der Waals surface area contributed by atoms with Crippen molar-refractivity contribution in [2.45, 2.75) is 72.1 Å². The lowest BCUT2D eigenvalue weighted by molar-refractivity contribution is 0.120. The molecule has 2 aliphatic rings. The summed E-state index contributed by atoms with van der Waals surface area (Å²) in [5.41, 5.74) is 7.17. The molecule has 2 unspecified atom stereocenters. The second-order valence-electron chi connectivity index (χ2n) is 9.55. The van der Waals surface area contributed by atoms with E-state index in [2.05, 4.69) is 69.0 Å². The van der Waals surface area contributed by atoms with Gasteiger partial charge in [0.1, 0.15) is 0 Å². The van der Waals surface area contributed by atoms with Crippen LogP contribution in [0.1, 0.15) is 81.9 Å². The normalized spacial score (nSPS) is 24.3. The zero-order chi connectivity index (χ0) is 23.1. The average Bonchev–Trinajstić information content (AvgIpc) is 2.83. The summed E-state index contributed by atoms with van der Waals surface area (Å²) in [4.78, 5) is 0. The summed E-state index contributed by atoms with van der Waals surface area (Å²) >= 11 is 0. The molecule has 0 aliphatic heterocycles. The fourth-order valence-corrected chi connectivity index (χ4v) is 5.86. The van der Waals surface area contributed by atoms with Crippen molar-refractivity contribution in [1.82, 2.24) is 0 Å². The van der Waals surface area contributed by atoms with E-state index in [1.54, 1.807) is 11.6 Å². The second kappa shape index (κ2) is 11.3. The Morgan fingerprint density at radius 3 is 2.19 bits per heavy atom. The molecule has 2 aliphatic carbocycles. The Balaban J connectivity index is 0.00000141. The number of allylic oxidation sites excluding steroid dienone is 2. The monoisotopic (exact) mass is 425 g/mol. The maximum atomic E-state index is 8.84. The van der Waals surface area contributed by atoms with E-state index in [0.29, 0.717) is 5.57 Å². The van der Waals surface area contributed by atoms with Crippen molar-refractivity contribution < 1.29 is 0 Å². The van der Waals surface area contributed by atoms with Crippen LogP contribution in [0.2, 0.25) is 0 Å². The summed E-state index contributed by atoms with van der Waals surface area (Å²) in [6.07, 6.45) is 12.2. The Hall–Kier alpha value is -2.59. The minimum absolute atomic E-state index is 0.477. The quantitative estimate of drug-likeness (QED) is 0.346. The number of nitriles is 1. The van der Waals surface area contributed by atoms with Gasteiger partial charge in [-0.15, -0.1) is 0 Å². The van der Waals surface area contributed by atoms with E-state index in [4.69, 9.17) is 5.26 Å². The third kappa shape index (κ3) is 5.80. The summed E-state index contributed by atoms with van der Waals surface area (Å²) in [6, 6.07) is 17.7. The maximum absolute atomic E-state index is 8.84. The van der Waals surface area contributed by atoms with E-state index in [0.717, 1.165) is 29.2 Å². The van der Waals surface area contributed by atoms with Crippen LogP contribution in [0.4, 0.5) is 0 Å². The predicted octanol–water partition coefficient (Wildman–Crippen LogP) is 9.10. The number of fused-ring (bicyclic) bond motifs is 2. The number of nitrogens with zero attached hydrogens (tertiary/aromatic N) is 1. The molecule has 0 amide bonds. The van der Waals surface area contributed by atoms with Crippen molar-refractivity contribution in [2.75, 3.05) is 0 Å². The van der Waals surface area contributed by atoms with E-state index in [1.165, 1.54) is 55.2 Å². The highest BCUT2D eigenvalue weighted by Crippen LogP contribution is 2.49. The van der Waals surface area contributed by atoms with Crippen LogP contribution in [0.25, 0.3) is 17.2 Å². The van der Waals surface area contributed by atoms with Crippen LogP contribution >= 0.6 is 0 Å². The van der Waals surface area contributed by atoms with Gasteiger partial charge in [-0.1, -0.05) is 82.3 Å². The van der Waals surface area contributed by atoms with E-state index < -0.39 is 0 Å². The molecule has 0 heterocycles. The maximum Gasteiger partial charge on any atom is 0.0985 e. The van der Waals surface area contributed by atoms with Crippen molar-refractivity contribution in [1.29, 1.82) is 5.26 Å². The lowest BCUT2D eigenvalue weighted by Gasteiger charge is -2.43. The molecule has 2 saturated carbocycles. The van der Waals surface area contributed by atoms with E-state index in [9.17, 15) is 0 Å². The van der Waals surface area contributed by atoms with Gasteiger partial charge in [0.25, 0.3) is 0 Å². The average molecular weight is 426 g/mol. The Bertz CT molecular complexity index is 959. The van der Waals surface area contributed by atoms with Crippen molar-refractivity contribution >= 4 is 6.08 Å². The van der Waals surface area contributed by atoms with Crippen LogP contribution in [-0.4, -0.2) is 0 Å². The van der Waals surface area contributed by atoms with Crippen LogP contribution in [0.5, 0.6) is 0 Å². The first kappa shape index (κ1) is 24.1. The fourth-order valence-electron chi connectivity index (χ4n) is 5.86. The summed E-state index contributed by atoms with van der Waals surface area (Å²) in [7, 11) is 0. The Morgan fingerprint density at radius 1 is 0.969 bits per heavy atom. The lowest BCUT2D eigenvalue weighted by atomic mass is 9.62. The molecule has 2 aromatic carbocycles. The largest absolute Gasteiger partial charge is 0.192 e. The van der Waals surface area contributed by atoms with Gasteiger partial charge in [-0.2, -0.15) is 5.26 Å². The van der Waals surface area contributed by atoms with Gasteiger partial charge in [0, 0.05) is 5.57 Å². The van der Waals surface area contributed by atoms with Crippen LogP contribution in [0.3, 0.4) is 0 Å². The van der Waals surface area contributed by atoms with Crippen molar-refractivity contribution in [2.24, 2.45) is 17.8 Å². The molecular weight excluding hydrogens is 386 g/mol. The molecular formula is C31H39N. The standard InChI is InChI=1S/C29H33N.C2H6/c1-4-22-13-24-15-25(14-22)17-28(16-24)29-18-27(10-6-21(29)3)26-11-8-23(9-12-26)7-5-20(2)19-30;1-2/h5-12,18,22,24-25,28H,2,4,13-17H2,1,3H3;1-2H3/b7-5+;. The summed E-state index contributed by atoms with van der Waals surface area (Å²) in [5, 5.41) is 8.84. The smallest absolute Gasteiger partial charge is 0.0985 e. The van der Waals surface area contributed by atoms with Gasteiger partial charge in [0.05, 0.1) is 6.07 Å². The minimum Gasteiger partial charge on any atom is -0.192 e. The van der Waals surface area contributed by atoms with Gasteiger partial charge >= 0.3 is 0 Å². The second-order valence-corrected chi connectivity index (χ2v) is 9.55. The van der Waals surface area contributed by atoms with Gasteiger partial charge in [-0.25, -0.2) is 0 Å². The molecule has 0 spiro atoms. The number of hydrogen-bond acceptors (Lipinski definition) is 1. The molecule has 2 bridgehead atoms. The first-order valence-corrected chi connectivity index (χ1v) is 12.5. The molecule has 0 aromatic heterocycles. The third-order valence-corrected chi connectivity index (χ3v) is 7.40. The Kier molecular flexibility index (Phi) is 8.52. The highest BCUT2D eigenvalue weighted by Gasteiger charge is 2.36. The Labute approximate surface area is 195 Å². The van der Waals surface area contributed by atoms with Crippen molar-refractivity contribution in [3.05, 3.63) is 77.4 Å². The summed E-state index contributed by atoms with van der Waals surface area (Å²) < 4.78 is 0. The molecule has 2 fully saturated rings. The molecule has 1 heteroatoms. The van der Waals surface area contributed by atoms with E-state index in [-0.39, 0.29) is 0 Å². The summed E-state index contributed by atoms with van der Waals surface area (Å²) in [5.74, 6) is 3.57. The topological polar surface area (TPSA) is 23.8 Å². The van der Waals surface area contributed by atoms with Crippen LogP contribution in [-0.2, 0) is 0 Å². The van der Waals surface area contributed by atoms with Crippen LogP contribution < -0.4 is 0 Å².